The molecule has 0 bridgehead atoms. The fourth-order valence-electron chi connectivity index (χ4n) is 2.53. The molecule has 0 spiro atoms. The fourth-order valence-corrected chi connectivity index (χ4v) is 2.53. The van der Waals surface area contributed by atoms with Gasteiger partial charge in [-0.1, -0.05) is 0 Å². The van der Waals surface area contributed by atoms with Gasteiger partial charge in [-0.15, -0.1) is 0 Å². The topological polar surface area (TPSA) is 64.1 Å². The number of likely N-dealkylation sites (tertiary alicyclic amines) is 1. The molecule has 0 radical (unpaired) electrons. The van der Waals surface area contributed by atoms with Crippen LogP contribution in [0.5, 0.6) is 0 Å². The molecule has 0 aromatic carbocycles. The number of piperazine rings is 1. The van der Waals surface area contributed by atoms with E-state index in [0.29, 0.717) is 6.54 Å². The lowest BCUT2D eigenvalue weighted by molar-refractivity contribution is -0.140. The predicted octanol–water partition coefficient (Wildman–Crippen LogP) is -0.833. The Hall–Kier alpha value is -1.14. The molecule has 2 rings (SSSR count). The maximum absolute atomic E-state index is 12.0. The summed E-state index contributed by atoms with van der Waals surface area (Å²) in [6, 6.07) is 0. The molecular formula is C12H21N3O3. The fraction of sp³-hybridized carbons (Fsp3) is 0.833. The SMILES string of the molecule is CN1CCN(C(=O)CN2CC(CC(=O)O)C2)CC1. The van der Waals surface area contributed by atoms with E-state index < -0.39 is 5.97 Å². The maximum atomic E-state index is 12.0. The zero-order chi connectivity index (χ0) is 13.1. The molecule has 2 fully saturated rings. The van der Waals surface area contributed by atoms with E-state index in [1.165, 1.54) is 0 Å². The summed E-state index contributed by atoms with van der Waals surface area (Å²) in [6.07, 6.45) is 0.221. The molecule has 0 atom stereocenters. The molecular weight excluding hydrogens is 234 g/mol. The Morgan fingerprint density at radius 1 is 1.17 bits per heavy atom. The lowest BCUT2D eigenvalue weighted by atomic mass is 9.96. The second kappa shape index (κ2) is 5.67. The molecule has 6 nitrogen and oxygen atoms in total. The summed E-state index contributed by atoms with van der Waals surface area (Å²) in [6.45, 7) is 5.42. The van der Waals surface area contributed by atoms with Crippen molar-refractivity contribution in [3.05, 3.63) is 0 Å². The molecule has 1 N–H and O–H groups in total. The Balaban J connectivity index is 1.65. The van der Waals surface area contributed by atoms with E-state index in [2.05, 4.69) is 11.9 Å². The highest BCUT2D eigenvalue weighted by atomic mass is 16.4. The number of aliphatic carboxylic acids is 1. The minimum Gasteiger partial charge on any atom is -0.481 e. The van der Waals surface area contributed by atoms with Crippen LogP contribution in [0.1, 0.15) is 6.42 Å². The molecule has 0 aliphatic carbocycles. The van der Waals surface area contributed by atoms with Gasteiger partial charge in [0.05, 0.1) is 13.0 Å². The van der Waals surface area contributed by atoms with Gasteiger partial charge in [0.1, 0.15) is 0 Å². The van der Waals surface area contributed by atoms with Gasteiger partial charge in [-0.05, 0) is 13.0 Å². The number of likely N-dealkylation sites (N-methyl/N-ethyl adjacent to an activating group) is 1. The van der Waals surface area contributed by atoms with E-state index in [1.807, 2.05) is 9.80 Å². The first-order valence-electron chi connectivity index (χ1n) is 6.45. The monoisotopic (exact) mass is 255 g/mol. The number of rotatable bonds is 4. The lowest BCUT2D eigenvalue weighted by Crippen LogP contribution is -2.54. The third-order valence-corrected chi connectivity index (χ3v) is 3.71. The Morgan fingerprint density at radius 2 is 1.78 bits per heavy atom. The van der Waals surface area contributed by atoms with Crippen LogP contribution >= 0.6 is 0 Å². The van der Waals surface area contributed by atoms with Crippen LogP contribution in [-0.2, 0) is 9.59 Å². The Morgan fingerprint density at radius 3 is 2.33 bits per heavy atom. The molecule has 0 saturated carbocycles. The first-order valence-corrected chi connectivity index (χ1v) is 6.45. The Labute approximate surface area is 107 Å². The largest absolute Gasteiger partial charge is 0.481 e. The van der Waals surface area contributed by atoms with Crippen LogP contribution in [0.15, 0.2) is 0 Å². The van der Waals surface area contributed by atoms with Crippen molar-refractivity contribution in [2.24, 2.45) is 5.92 Å². The summed E-state index contributed by atoms with van der Waals surface area (Å²) in [7, 11) is 2.06. The number of hydrogen-bond donors (Lipinski definition) is 1. The van der Waals surface area contributed by atoms with Gasteiger partial charge in [-0.2, -0.15) is 0 Å². The zero-order valence-electron chi connectivity index (χ0n) is 10.8. The van der Waals surface area contributed by atoms with Gasteiger partial charge in [0.25, 0.3) is 0 Å². The smallest absolute Gasteiger partial charge is 0.303 e. The van der Waals surface area contributed by atoms with E-state index in [-0.39, 0.29) is 18.2 Å². The van der Waals surface area contributed by atoms with Crippen molar-refractivity contribution in [1.82, 2.24) is 14.7 Å². The van der Waals surface area contributed by atoms with Crippen LogP contribution in [0.4, 0.5) is 0 Å². The van der Waals surface area contributed by atoms with Crippen molar-refractivity contribution in [2.75, 3.05) is 52.9 Å². The molecule has 0 aromatic rings. The van der Waals surface area contributed by atoms with Crippen LogP contribution < -0.4 is 0 Å². The first kappa shape index (κ1) is 13.3. The number of carbonyl (C=O) groups is 2. The van der Waals surface area contributed by atoms with Crippen LogP contribution in [0.25, 0.3) is 0 Å². The second-order valence-corrected chi connectivity index (χ2v) is 5.34. The number of carboxylic acid groups (broad SMARTS) is 1. The van der Waals surface area contributed by atoms with Crippen molar-refractivity contribution in [1.29, 1.82) is 0 Å². The number of amides is 1. The van der Waals surface area contributed by atoms with Gasteiger partial charge in [-0.3, -0.25) is 14.5 Å². The predicted molar refractivity (Wildman–Crippen MR) is 66.3 cm³/mol. The van der Waals surface area contributed by atoms with Gasteiger partial charge in [-0.25, -0.2) is 0 Å². The van der Waals surface area contributed by atoms with Crippen LogP contribution in [0, 0.1) is 5.92 Å². The molecule has 2 heterocycles. The Kier molecular flexibility index (Phi) is 4.19. The number of carbonyl (C=O) groups excluding carboxylic acids is 1. The van der Waals surface area contributed by atoms with E-state index in [4.69, 9.17) is 5.11 Å². The van der Waals surface area contributed by atoms with Gasteiger partial charge >= 0.3 is 5.97 Å². The van der Waals surface area contributed by atoms with Crippen LogP contribution in [0.3, 0.4) is 0 Å². The lowest BCUT2D eigenvalue weighted by Gasteiger charge is -2.40. The van der Waals surface area contributed by atoms with E-state index >= 15 is 0 Å². The molecule has 2 saturated heterocycles. The molecule has 6 heteroatoms. The number of carboxylic acids is 1. The van der Waals surface area contributed by atoms with E-state index in [9.17, 15) is 9.59 Å². The van der Waals surface area contributed by atoms with Gasteiger partial charge in [0.2, 0.25) is 5.91 Å². The second-order valence-electron chi connectivity index (χ2n) is 5.34. The highest BCUT2D eigenvalue weighted by Gasteiger charge is 2.31. The summed E-state index contributed by atoms with van der Waals surface area (Å²) in [5.41, 5.74) is 0. The van der Waals surface area contributed by atoms with Gasteiger partial charge < -0.3 is 14.9 Å². The Bertz CT molecular complexity index is 321. The van der Waals surface area contributed by atoms with Gasteiger partial charge in [0.15, 0.2) is 0 Å². The third-order valence-electron chi connectivity index (χ3n) is 3.71. The normalized spacial score (nSPS) is 22.8. The average Bonchev–Trinajstić information content (AvgIpc) is 2.26. The average molecular weight is 255 g/mol. The molecule has 102 valence electrons. The summed E-state index contributed by atoms with van der Waals surface area (Å²) in [5.74, 6) is -0.343. The van der Waals surface area contributed by atoms with Crippen molar-refractivity contribution in [2.45, 2.75) is 6.42 Å². The minimum atomic E-state index is -0.745. The molecule has 2 aliphatic rings. The zero-order valence-corrected chi connectivity index (χ0v) is 10.8. The van der Waals surface area contributed by atoms with Gasteiger partial charge in [0, 0.05) is 39.3 Å². The van der Waals surface area contributed by atoms with Crippen molar-refractivity contribution < 1.29 is 14.7 Å². The molecule has 0 aromatic heterocycles. The number of hydrogen-bond acceptors (Lipinski definition) is 4. The van der Waals surface area contributed by atoms with Crippen LogP contribution in [0.2, 0.25) is 0 Å². The van der Waals surface area contributed by atoms with Crippen molar-refractivity contribution >= 4 is 11.9 Å². The van der Waals surface area contributed by atoms with Crippen molar-refractivity contribution in [3.63, 3.8) is 0 Å². The summed E-state index contributed by atoms with van der Waals surface area (Å²) in [4.78, 5) is 28.7. The van der Waals surface area contributed by atoms with Crippen molar-refractivity contribution in [3.8, 4) is 0 Å². The molecule has 1 amide bonds. The number of nitrogens with zero attached hydrogens (tertiary/aromatic N) is 3. The minimum absolute atomic E-state index is 0.178. The maximum Gasteiger partial charge on any atom is 0.303 e. The highest BCUT2D eigenvalue weighted by molar-refractivity contribution is 5.78. The summed E-state index contributed by atoms with van der Waals surface area (Å²) < 4.78 is 0. The first-order chi connectivity index (χ1) is 8.54. The highest BCUT2D eigenvalue weighted by Crippen LogP contribution is 2.18. The molecule has 2 aliphatic heterocycles. The quantitative estimate of drug-likeness (QED) is 0.710. The summed E-state index contributed by atoms with van der Waals surface area (Å²) in [5, 5.41) is 8.65. The van der Waals surface area contributed by atoms with Crippen LogP contribution in [-0.4, -0.2) is 84.5 Å². The standard InChI is InChI=1S/C12H21N3O3/c1-13-2-4-15(5-3-13)11(16)9-14-7-10(8-14)6-12(17)18/h10H,2-9H2,1H3,(H,17,18). The molecule has 0 unspecified atom stereocenters. The third kappa shape index (κ3) is 3.43. The molecule has 18 heavy (non-hydrogen) atoms. The van der Waals surface area contributed by atoms with E-state index in [1.54, 1.807) is 0 Å². The van der Waals surface area contributed by atoms with E-state index in [0.717, 1.165) is 39.3 Å². The summed E-state index contributed by atoms with van der Waals surface area (Å²) >= 11 is 0.